The van der Waals surface area contributed by atoms with Crippen molar-refractivity contribution in [1.82, 2.24) is 15.4 Å². The molecule has 0 aliphatic rings. The second kappa shape index (κ2) is 4.49. The first kappa shape index (κ1) is 10.9. The first-order valence-electron chi connectivity index (χ1n) is 4.74. The van der Waals surface area contributed by atoms with Crippen molar-refractivity contribution in [3.8, 4) is 17.5 Å². The van der Waals surface area contributed by atoms with Crippen molar-refractivity contribution in [1.29, 1.82) is 5.26 Å². The summed E-state index contributed by atoms with van der Waals surface area (Å²) in [6, 6.07) is 5.17. The van der Waals surface area contributed by atoms with Crippen molar-refractivity contribution in [3.05, 3.63) is 23.6 Å². The van der Waals surface area contributed by atoms with Crippen molar-refractivity contribution in [3.63, 3.8) is 0 Å². The minimum Gasteiger partial charge on any atom is -0.458 e. The van der Waals surface area contributed by atoms with Gasteiger partial charge < -0.3 is 9.15 Å². The third-order valence-electron chi connectivity index (χ3n) is 1.97. The third kappa shape index (κ3) is 2.31. The van der Waals surface area contributed by atoms with E-state index in [4.69, 9.17) is 14.4 Å². The topological polar surface area (TPSA) is 105 Å². The number of aromatic amines is 1. The van der Waals surface area contributed by atoms with Crippen LogP contribution < -0.4 is 0 Å². The molecular weight excluding hydrogens is 224 g/mol. The van der Waals surface area contributed by atoms with Gasteiger partial charge >= 0.3 is 5.97 Å². The maximum atomic E-state index is 10.6. The quantitative estimate of drug-likeness (QED) is 0.791. The standard InChI is InChI=1S/C10H8N4O3/c1-6(15)16-5-7-2-3-9(17-7)10-8(4-11)12-14-13-10/h2-3H,5H2,1H3,(H,12,13,14). The van der Waals surface area contributed by atoms with E-state index in [-0.39, 0.29) is 18.3 Å². The van der Waals surface area contributed by atoms with Crippen LogP contribution in [0.15, 0.2) is 16.5 Å². The molecule has 7 heteroatoms. The molecule has 0 atom stereocenters. The Balaban J connectivity index is 2.19. The van der Waals surface area contributed by atoms with Crippen LogP contribution in [0.2, 0.25) is 0 Å². The van der Waals surface area contributed by atoms with Gasteiger partial charge in [0.1, 0.15) is 18.4 Å². The molecule has 17 heavy (non-hydrogen) atoms. The first-order chi connectivity index (χ1) is 8.20. The Morgan fingerprint density at radius 1 is 1.59 bits per heavy atom. The Hall–Kier alpha value is -2.62. The van der Waals surface area contributed by atoms with Crippen molar-refractivity contribution >= 4 is 5.97 Å². The minimum atomic E-state index is -0.387. The molecule has 0 saturated carbocycles. The smallest absolute Gasteiger partial charge is 0.303 e. The van der Waals surface area contributed by atoms with E-state index in [0.29, 0.717) is 17.2 Å². The van der Waals surface area contributed by atoms with Gasteiger partial charge in [0.15, 0.2) is 17.1 Å². The number of H-pyrrole nitrogens is 1. The normalized spacial score (nSPS) is 9.88. The number of carbonyl (C=O) groups is 1. The van der Waals surface area contributed by atoms with E-state index in [9.17, 15) is 4.79 Å². The number of nitriles is 1. The van der Waals surface area contributed by atoms with Gasteiger partial charge in [-0.2, -0.15) is 15.6 Å². The Morgan fingerprint density at radius 2 is 2.41 bits per heavy atom. The fourth-order valence-corrected chi connectivity index (χ4v) is 1.24. The van der Waals surface area contributed by atoms with Crippen LogP contribution in [0.5, 0.6) is 0 Å². The van der Waals surface area contributed by atoms with Crippen molar-refractivity contribution < 1.29 is 13.9 Å². The van der Waals surface area contributed by atoms with E-state index in [1.165, 1.54) is 6.92 Å². The molecule has 86 valence electrons. The van der Waals surface area contributed by atoms with E-state index in [0.717, 1.165) is 0 Å². The van der Waals surface area contributed by atoms with Gasteiger partial charge in [0.05, 0.1) is 0 Å². The summed E-state index contributed by atoms with van der Waals surface area (Å²) in [5.74, 6) is 0.488. The van der Waals surface area contributed by atoms with Gasteiger partial charge in [-0.05, 0) is 12.1 Å². The van der Waals surface area contributed by atoms with Crippen LogP contribution in [0.3, 0.4) is 0 Å². The number of esters is 1. The van der Waals surface area contributed by atoms with Gasteiger partial charge in [-0.25, -0.2) is 0 Å². The maximum Gasteiger partial charge on any atom is 0.303 e. The van der Waals surface area contributed by atoms with Gasteiger partial charge in [-0.3, -0.25) is 4.79 Å². The lowest BCUT2D eigenvalue weighted by molar-refractivity contribution is -0.142. The number of ether oxygens (including phenoxy) is 1. The zero-order valence-corrected chi connectivity index (χ0v) is 8.93. The van der Waals surface area contributed by atoms with E-state index in [2.05, 4.69) is 15.4 Å². The molecule has 0 aromatic carbocycles. The van der Waals surface area contributed by atoms with E-state index >= 15 is 0 Å². The Bertz CT molecular complexity index is 578. The lowest BCUT2D eigenvalue weighted by Crippen LogP contribution is -1.97. The summed E-state index contributed by atoms with van der Waals surface area (Å²) in [5.41, 5.74) is 0.486. The number of furan rings is 1. The van der Waals surface area contributed by atoms with Crippen LogP contribution >= 0.6 is 0 Å². The molecule has 0 unspecified atom stereocenters. The molecule has 2 aromatic rings. The zero-order valence-electron chi connectivity index (χ0n) is 8.93. The van der Waals surface area contributed by atoms with Gasteiger partial charge in [0.2, 0.25) is 0 Å². The second-order valence-electron chi connectivity index (χ2n) is 3.18. The Labute approximate surface area is 96.0 Å². The van der Waals surface area contributed by atoms with E-state index in [1.54, 1.807) is 12.1 Å². The minimum absolute atomic E-state index is 0.0507. The van der Waals surface area contributed by atoms with Crippen molar-refractivity contribution in [2.75, 3.05) is 0 Å². The lowest BCUT2D eigenvalue weighted by Gasteiger charge is -1.97. The molecule has 0 radical (unpaired) electrons. The summed E-state index contributed by atoms with van der Waals surface area (Å²) < 4.78 is 10.1. The van der Waals surface area contributed by atoms with E-state index < -0.39 is 0 Å². The summed E-state index contributed by atoms with van der Waals surface area (Å²) in [7, 11) is 0. The largest absolute Gasteiger partial charge is 0.458 e. The highest BCUT2D eigenvalue weighted by molar-refractivity contribution is 5.66. The Kier molecular flexibility index (Phi) is 2.87. The number of hydrogen-bond acceptors (Lipinski definition) is 6. The van der Waals surface area contributed by atoms with Crippen LogP contribution in [0.1, 0.15) is 18.4 Å². The summed E-state index contributed by atoms with van der Waals surface area (Å²) >= 11 is 0. The summed E-state index contributed by atoms with van der Waals surface area (Å²) in [6.45, 7) is 1.37. The molecule has 0 aliphatic heterocycles. The van der Waals surface area contributed by atoms with Gasteiger partial charge in [0.25, 0.3) is 0 Å². The molecule has 2 aromatic heterocycles. The number of hydrogen-bond donors (Lipinski definition) is 1. The highest BCUT2D eigenvalue weighted by Gasteiger charge is 2.14. The van der Waals surface area contributed by atoms with Crippen molar-refractivity contribution in [2.24, 2.45) is 0 Å². The van der Waals surface area contributed by atoms with Crippen LogP contribution in [0.25, 0.3) is 11.5 Å². The number of rotatable bonds is 3. The molecule has 0 amide bonds. The fraction of sp³-hybridized carbons (Fsp3) is 0.200. The molecule has 0 bridgehead atoms. The van der Waals surface area contributed by atoms with Gasteiger partial charge in [-0.1, -0.05) is 0 Å². The monoisotopic (exact) mass is 232 g/mol. The van der Waals surface area contributed by atoms with Crippen LogP contribution in [0.4, 0.5) is 0 Å². The molecule has 0 aliphatic carbocycles. The molecule has 7 nitrogen and oxygen atoms in total. The van der Waals surface area contributed by atoms with Gasteiger partial charge in [-0.15, -0.1) is 5.10 Å². The molecule has 0 fully saturated rings. The summed E-state index contributed by atoms with van der Waals surface area (Å²) in [5, 5.41) is 18.6. The summed E-state index contributed by atoms with van der Waals surface area (Å²) in [4.78, 5) is 10.6. The van der Waals surface area contributed by atoms with Crippen molar-refractivity contribution in [2.45, 2.75) is 13.5 Å². The highest BCUT2D eigenvalue weighted by Crippen LogP contribution is 2.22. The molecule has 2 rings (SSSR count). The number of carbonyl (C=O) groups excluding carboxylic acids is 1. The molecule has 0 spiro atoms. The molecule has 1 N–H and O–H groups in total. The fourth-order valence-electron chi connectivity index (χ4n) is 1.24. The van der Waals surface area contributed by atoms with Crippen LogP contribution in [-0.4, -0.2) is 21.4 Å². The number of nitrogens with zero attached hydrogens (tertiary/aromatic N) is 3. The highest BCUT2D eigenvalue weighted by atomic mass is 16.5. The first-order valence-corrected chi connectivity index (χ1v) is 4.74. The average molecular weight is 232 g/mol. The SMILES string of the molecule is CC(=O)OCc1ccc(-c2n[nH]nc2C#N)o1. The van der Waals surface area contributed by atoms with Crippen LogP contribution in [0, 0.1) is 11.3 Å². The van der Waals surface area contributed by atoms with Gasteiger partial charge in [0, 0.05) is 6.92 Å². The lowest BCUT2D eigenvalue weighted by atomic mass is 10.3. The number of aromatic nitrogens is 3. The third-order valence-corrected chi connectivity index (χ3v) is 1.97. The summed E-state index contributed by atoms with van der Waals surface area (Å²) in [6.07, 6.45) is 0. The average Bonchev–Trinajstić information content (AvgIpc) is 2.94. The maximum absolute atomic E-state index is 10.6. The second-order valence-corrected chi connectivity index (χ2v) is 3.18. The van der Waals surface area contributed by atoms with E-state index in [1.807, 2.05) is 6.07 Å². The molecule has 2 heterocycles. The predicted octanol–water partition coefficient (Wildman–Crippen LogP) is 0.999. The molecule has 0 saturated heterocycles. The Morgan fingerprint density at radius 3 is 3.12 bits per heavy atom. The number of nitrogens with one attached hydrogen (secondary N) is 1. The molecular formula is C10H8N4O3. The predicted molar refractivity (Wildman–Crippen MR) is 54.3 cm³/mol. The van der Waals surface area contributed by atoms with Crippen LogP contribution in [-0.2, 0) is 16.1 Å². The zero-order chi connectivity index (χ0) is 12.3.